The Morgan fingerprint density at radius 2 is 2.25 bits per heavy atom. The van der Waals surface area contributed by atoms with Crippen molar-refractivity contribution in [3.63, 3.8) is 0 Å². The van der Waals surface area contributed by atoms with Crippen molar-refractivity contribution in [2.24, 2.45) is 0 Å². The second-order valence-corrected chi connectivity index (χ2v) is 4.59. The number of carboxylic acid groups (broad SMARTS) is 1. The van der Waals surface area contributed by atoms with E-state index in [-0.39, 0.29) is 12.5 Å². The number of hydrogen-bond donors (Lipinski definition) is 1. The standard InChI is InChI=1S/C12H11BrN2O5/c1-18-9-3-2-7(4-8(9)13)12-15-14-10(20-12)5-19-6-11(16)17/h2-4H,5-6H2,1H3,(H,16,17). The third-order valence-corrected chi connectivity index (χ3v) is 2.94. The molecular weight excluding hydrogens is 332 g/mol. The smallest absolute Gasteiger partial charge is 0.329 e. The first kappa shape index (κ1) is 14.5. The van der Waals surface area contributed by atoms with Crippen LogP contribution in [0.1, 0.15) is 5.89 Å². The van der Waals surface area contributed by atoms with E-state index in [4.69, 9.17) is 19.0 Å². The molecule has 0 bridgehead atoms. The van der Waals surface area contributed by atoms with Crippen molar-refractivity contribution in [1.29, 1.82) is 0 Å². The summed E-state index contributed by atoms with van der Waals surface area (Å²) >= 11 is 3.36. The Hall–Kier alpha value is -1.93. The highest BCUT2D eigenvalue weighted by Gasteiger charge is 2.11. The van der Waals surface area contributed by atoms with Crippen molar-refractivity contribution in [3.8, 4) is 17.2 Å². The Kier molecular flexibility index (Phi) is 4.70. The number of methoxy groups -OCH3 is 1. The zero-order valence-corrected chi connectivity index (χ0v) is 12.1. The van der Waals surface area contributed by atoms with Gasteiger partial charge in [0.1, 0.15) is 19.0 Å². The van der Waals surface area contributed by atoms with Crippen LogP contribution in [-0.4, -0.2) is 35.0 Å². The van der Waals surface area contributed by atoms with Crippen molar-refractivity contribution >= 4 is 21.9 Å². The molecule has 0 amide bonds. The van der Waals surface area contributed by atoms with Crippen LogP contribution >= 0.6 is 15.9 Å². The summed E-state index contributed by atoms with van der Waals surface area (Å²) in [6.07, 6.45) is 0. The van der Waals surface area contributed by atoms with Crippen LogP contribution in [0.15, 0.2) is 27.1 Å². The van der Waals surface area contributed by atoms with Gasteiger partial charge in [0.2, 0.25) is 11.8 Å². The van der Waals surface area contributed by atoms with Crippen LogP contribution in [0.25, 0.3) is 11.5 Å². The summed E-state index contributed by atoms with van der Waals surface area (Å²) in [5.74, 6) is 0.178. The predicted molar refractivity (Wildman–Crippen MR) is 71.3 cm³/mol. The summed E-state index contributed by atoms with van der Waals surface area (Å²) < 4.78 is 16.1. The van der Waals surface area contributed by atoms with E-state index in [1.165, 1.54) is 0 Å². The first-order valence-electron chi connectivity index (χ1n) is 5.56. The molecule has 0 aliphatic heterocycles. The van der Waals surface area contributed by atoms with E-state index < -0.39 is 12.6 Å². The van der Waals surface area contributed by atoms with Gasteiger partial charge in [0.15, 0.2) is 0 Å². The third-order valence-electron chi connectivity index (χ3n) is 2.32. The van der Waals surface area contributed by atoms with E-state index in [9.17, 15) is 4.79 Å². The van der Waals surface area contributed by atoms with Gasteiger partial charge in [-0.1, -0.05) is 0 Å². The minimum atomic E-state index is -1.05. The number of ether oxygens (including phenoxy) is 2. The summed E-state index contributed by atoms with van der Waals surface area (Å²) in [6, 6.07) is 5.33. The van der Waals surface area contributed by atoms with Crippen molar-refractivity contribution in [2.75, 3.05) is 13.7 Å². The van der Waals surface area contributed by atoms with Gasteiger partial charge in [0, 0.05) is 5.56 Å². The average Bonchev–Trinajstić information content (AvgIpc) is 2.87. The summed E-state index contributed by atoms with van der Waals surface area (Å²) in [7, 11) is 1.57. The Balaban J connectivity index is 2.08. The SMILES string of the molecule is COc1ccc(-c2nnc(COCC(=O)O)o2)cc1Br. The lowest BCUT2D eigenvalue weighted by Gasteiger charge is -2.03. The molecule has 0 atom stereocenters. The highest BCUT2D eigenvalue weighted by atomic mass is 79.9. The topological polar surface area (TPSA) is 94.7 Å². The van der Waals surface area contributed by atoms with Gasteiger partial charge >= 0.3 is 5.97 Å². The van der Waals surface area contributed by atoms with E-state index in [0.29, 0.717) is 11.6 Å². The molecule has 0 spiro atoms. The Morgan fingerprint density at radius 3 is 2.90 bits per heavy atom. The van der Waals surface area contributed by atoms with E-state index in [1.807, 2.05) is 0 Å². The number of aromatic nitrogens is 2. The first-order chi connectivity index (χ1) is 9.60. The van der Waals surface area contributed by atoms with Crippen molar-refractivity contribution < 1.29 is 23.8 Å². The molecule has 2 aromatic rings. The monoisotopic (exact) mass is 342 g/mol. The molecule has 0 unspecified atom stereocenters. The van der Waals surface area contributed by atoms with Gasteiger partial charge in [0.05, 0.1) is 11.6 Å². The number of carbonyl (C=O) groups is 1. The number of carboxylic acids is 1. The van der Waals surface area contributed by atoms with Gasteiger partial charge in [-0.15, -0.1) is 10.2 Å². The Morgan fingerprint density at radius 1 is 1.45 bits per heavy atom. The van der Waals surface area contributed by atoms with Crippen molar-refractivity contribution in [3.05, 3.63) is 28.6 Å². The predicted octanol–water partition coefficient (Wildman–Crippen LogP) is 2.11. The van der Waals surface area contributed by atoms with Gasteiger partial charge in [-0.05, 0) is 34.1 Å². The lowest BCUT2D eigenvalue weighted by Crippen LogP contribution is -2.06. The van der Waals surface area contributed by atoms with Crippen LogP contribution in [0.4, 0.5) is 0 Å². The molecule has 0 radical (unpaired) electrons. The van der Waals surface area contributed by atoms with E-state index in [2.05, 4.69) is 26.1 Å². The number of halogens is 1. The fraction of sp³-hybridized carbons (Fsp3) is 0.250. The Labute approximate surface area is 122 Å². The normalized spacial score (nSPS) is 10.5. The van der Waals surface area contributed by atoms with Crippen LogP contribution in [0.3, 0.4) is 0 Å². The van der Waals surface area contributed by atoms with Crippen molar-refractivity contribution in [1.82, 2.24) is 10.2 Å². The first-order valence-corrected chi connectivity index (χ1v) is 6.35. The van der Waals surface area contributed by atoms with E-state index in [0.717, 1.165) is 10.0 Å². The van der Waals surface area contributed by atoms with Crippen LogP contribution < -0.4 is 4.74 Å². The molecule has 7 nitrogen and oxygen atoms in total. The second kappa shape index (κ2) is 6.49. The summed E-state index contributed by atoms with van der Waals surface area (Å²) in [5.41, 5.74) is 0.717. The fourth-order valence-corrected chi connectivity index (χ4v) is 1.99. The second-order valence-electron chi connectivity index (χ2n) is 3.74. The molecule has 20 heavy (non-hydrogen) atoms. The molecule has 1 N–H and O–H groups in total. The summed E-state index contributed by atoms with van der Waals surface area (Å²) in [6.45, 7) is -0.456. The zero-order valence-electron chi connectivity index (χ0n) is 10.5. The van der Waals surface area contributed by atoms with E-state index in [1.54, 1.807) is 25.3 Å². The van der Waals surface area contributed by atoms with Crippen LogP contribution in [0.5, 0.6) is 5.75 Å². The molecule has 1 heterocycles. The fourth-order valence-electron chi connectivity index (χ4n) is 1.45. The maximum absolute atomic E-state index is 10.3. The highest BCUT2D eigenvalue weighted by molar-refractivity contribution is 9.10. The molecule has 0 saturated heterocycles. The number of hydrogen-bond acceptors (Lipinski definition) is 6. The molecule has 8 heteroatoms. The lowest BCUT2D eigenvalue weighted by molar-refractivity contribution is -0.142. The van der Waals surface area contributed by atoms with Gasteiger partial charge in [0.25, 0.3) is 0 Å². The Bertz CT molecular complexity index is 614. The molecule has 0 aliphatic rings. The molecule has 0 fully saturated rings. The minimum absolute atomic E-state index is 0.0450. The number of nitrogens with zero attached hydrogens (tertiary/aromatic N) is 2. The maximum atomic E-state index is 10.3. The van der Waals surface area contributed by atoms with Gasteiger partial charge < -0.3 is 19.0 Å². The van der Waals surface area contributed by atoms with Crippen LogP contribution in [-0.2, 0) is 16.1 Å². The van der Waals surface area contributed by atoms with Gasteiger partial charge in [-0.2, -0.15) is 0 Å². The number of rotatable bonds is 6. The maximum Gasteiger partial charge on any atom is 0.329 e. The van der Waals surface area contributed by atoms with Crippen LogP contribution in [0, 0.1) is 0 Å². The molecule has 2 rings (SSSR count). The summed E-state index contributed by atoms with van der Waals surface area (Å²) in [5, 5.41) is 16.1. The molecular formula is C12H11BrN2O5. The molecule has 106 valence electrons. The van der Waals surface area contributed by atoms with Crippen molar-refractivity contribution in [2.45, 2.75) is 6.61 Å². The minimum Gasteiger partial charge on any atom is -0.496 e. The zero-order chi connectivity index (χ0) is 14.5. The number of aliphatic carboxylic acids is 1. The third kappa shape index (κ3) is 3.55. The highest BCUT2D eigenvalue weighted by Crippen LogP contribution is 2.29. The number of benzene rings is 1. The lowest BCUT2D eigenvalue weighted by atomic mass is 10.2. The molecule has 0 saturated carbocycles. The average molecular weight is 343 g/mol. The quantitative estimate of drug-likeness (QED) is 0.858. The summed E-state index contributed by atoms with van der Waals surface area (Å²) in [4.78, 5) is 10.3. The largest absolute Gasteiger partial charge is 0.496 e. The molecule has 0 aliphatic carbocycles. The van der Waals surface area contributed by atoms with Gasteiger partial charge in [-0.3, -0.25) is 0 Å². The van der Waals surface area contributed by atoms with Gasteiger partial charge in [-0.25, -0.2) is 4.79 Å². The molecule has 1 aromatic carbocycles. The van der Waals surface area contributed by atoms with E-state index >= 15 is 0 Å². The molecule has 1 aromatic heterocycles. The van der Waals surface area contributed by atoms with Crippen LogP contribution in [0.2, 0.25) is 0 Å².